The molecule has 2 aliphatic rings. The predicted molar refractivity (Wildman–Crippen MR) is 96.1 cm³/mol. The molecular weight excluding hydrogens is 349 g/mol. The summed E-state index contributed by atoms with van der Waals surface area (Å²) in [5, 5.41) is 1.53. The normalized spacial score (nSPS) is 20.3. The highest BCUT2D eigenvalue weighted by atomic mass is 35.5. The number of hydrogen-bond acceptors (Lipinski definition) is 5. The number of hydrogen-bond donors (Lipinski definition) is 0. The Kier molecular flexibility index (Phi) is 4.21. The van der Waals surface area contributed by atoms with Crippen molar-refractivity contribution in [2.45, 2.75) is 43.8 Å². The van der Waals surface area contributed by atoms with E-state index in [0.29, 0.717) is 39.0 Å². The molecular formula is C17H19ClFN3OS. The van der Waals surface area contributed by atoms with Gasteiger partial charge in [-0.05, 0) is 26.0 Å². The van der Waals surface area contributed by atoms with Crippen molar-refractivity contribution in [2.75, 3.05) is 24.3 Å². The zero-order chi connectivity index (χ0) is 16.8. The fraction of sp³-hybridized carbons (Fsp3) is 0.529. The molecule has 1 aromatic carbocycles. The van der Waals surface area contributed by atoms with E-state index in [1.54, 1.807) is 6.92 Å². The molecule has 0 radical (unpaired) electrons. The number of anilines is 1. The molecule has 0 aliphatic carbocycles. The summed E-state index contributed by atoms with van der Waals surface area (Å²) < 4.78 is 20.9. The van der Waals surface area contributed by atoms with Crippen LogP contribution in [-0.4, -0.2) is 35.4 Å². The Morgan fingerprint density at radius 2 is 2.12 bits per heavy atom. The highest BCUT2D eigenvalue weighted by Crippen LogP contribution is 2.45. The van der Waals surface area contributed by atoms with Gasteiger partial charge >= 0.3 is 0 Å². The second-order valence-electron chi connectivity index (χ2n) is 6.35. The summed E-state index contributed by atoms with van der Waals surface area (Å²) in [7, 11) is 0. The lowest BCUT2D eigenvalue weighted by Crippen LogP contribution is -2.38. The Morgan fingerprint density at radius 3 is 2.92 bits per heavy atom. The molecule has 1 unspecified atom stereocenters. The molecule has 3 heterocycles. The Morgan fingerprint density at radius 1 is 1.29 bits per heavy atom. The van der Waals surface area contributed by atoms with Gasteiger partial charge in [0.2, 0.25) is 0 Å². The molecule has 2 aromatic rings. The molecule has 7 heteroatoms. The van der Waals surface area contributed by atoms with E-state index in [9.17, 15) is 4.39 Å². The summed E-state index contributed by atoms with van der Waals surface area (Å²) >= 11 is 7.84. The second kappa shape index (κ2) is 6.23. The molecule has 0 N–H and O–H groups in total. The number of fused-ring (bicyclic) bond motifs is 2. The van der Waals surface area contributed by atoms with Gasteiger partial charge in [0.05, 0.1) is 16.5 Å². The van der Waals surface area contributed by atoms with E-state index in [2.05, 4.69) is 9.88 Å². The smallest absolute Gasteiger partial charge is 0.189 e. The molecule has 24 heavy (non-hydrogen) atoms. The minimum atomic E-state index is -0.380. The highest BCUT2D eigenvalue weighted by Gasteiger charge is 2.32. The van der Waals surface area contributed by atoms with Gasteiger partial charge in [-0.3, -0.25) is 0 Å². The summed E-state index contributed by atoms with van der Waals surface area (Å²) in [6.07, 6.45) is 6.43. The van der Waals surface area contributed by atoms with Crippen LogP contribution in [-0.2, 0) is 0 Å². The van der Waals surface area contributed by atoms with Gasteiger partial charge in [0, 0.05) is 12.1 Å². The highest BCUT2D eigenvalue weighted by molar-refractivity contribution is 7.98. The van der Waals surface area contributed by atoms with Crippen molar-refractivity contribution in [3.63, 3.8) is 0 Å². The largest absolute Gasteiger partial charge is 0.489 e. The summed E-state index contributed by atoms with van der Waals surface area (Å²) in [6.45, 7) is 3.12. The van der Waals surface area contributed by atoms with E-state index < -0.39 is 0 Å². The molecule has 4 rings (SSSR count). The third-order valence-electron chi connectivity index (χ3n) is 4.91. The molecule has 1 atom stereocenters. The first-order valence-electron chi connectivity index (χ1n) is 8.24. The minimum absolute atomic E-state index is 0.243. The maximum absolute atomic E-state index is 14.9. The van der Waals surface area contributed by atoms with Crippen molar-refractivity contribution >= 4 is 40.1 Å². The number of halogens is 2. The van der Waals surface area contributed by atoms with Crippen molar-refractivity contribution < 1.29 is 9.13 Å². The summed E-state index contributed by atoms with van der Waals surface area (Å²) in [4.78, 5) is 11.4. The number of rotatable bonds is 1. The van der Waals surface area contributed by atoms with Gasteiger partial charge in [-0.1, -0.05) is 36.2 Å². The zero-order valence-electron chi connectivity index (χ0n) is 13.7. The zero-order valence-corrected chi connectivity index (χ0v) is 15.3. The SMILES string of the molecule is CSc1nc2c3c(c(Cl)c(C)c(F)c3n1)OCC1CCCCCN21. The summed E-state index contributed by atoms with van der Waals surface area (Å²) in [6, 6.07) is 0.243. The Bertz CT molecular complexity index is 817. The van der Waals surface area contributed by atoms with E-state index in [0.717, 1.165) is 25.2 Å². The van der Waals surface area contributed by atoms with Crippen LogP contribution in [0.3, 0.4) is 0 Å². The number of ether oxygens (including phenoxy) is 1. The van der Waals surface area contributed by atoms with Crippen molar-refractivity contribution in [2.24, 2.45) is 0 Å². The number of nitrogens with zero attached hydrogens (tertiary/aromatic N) is 3. The Balaban J connectivity index is 2.06. The molecule has 4 nitrogen and oxygen atoms in total. The van der Waals surface area contributed by atoms with E-state index in [1.165, 1.54) is 24.6 Å². The molecule has 2 aliphatic heterocycles. The second-order valence-corrected chi connectivity index (χ2v) is 7.50. The lowest BCUT2D eigenvalue weighted by Gasteiger charge is -2.29. The Labute approximate surface area is 149 Å². The van der Waals surface area contributed by atoms with Crippen LogP contribution in [0.15, 0.2) is 5.16 Å². The minimum Gasteiger partial charge on any atom is -0.489 e. The van der Waals surface area contributed by atoms with E-state index >= 15 is 0 Å². The van der Waals surface area contributed by atoms with Gasteiger partial charge in [0.15, 0.2) is 16.7 Å². The molecule has 1 saturated heterocycles. The number of aromatic nitrogens is 2. The third-order valence-corrected chi connectivity index (χ3v) is 5.92. The fourth-order valence-corrected chi connectivity index (χ4v) is 4.19. The van der Waals surface area contributed by atoms with Crippen molar-refractivity contribution in [3.8, 4) is 5.75 Å². The van der Waals surface area contributed by atoms with Gasteiger partial charge in [-0.2, -0.15) is 0 Å². The monoisotopic (exact) mass is 367 g/mol. The van der Waals surface area contributed by atoms with E-state index in [1.807, 2.05) is 6.26 Å². The van der Waals surface area contributed by atoms with Crippen LogP contribution in [0.1, 0.15) is 31.2 Å². The van der Waals surface area contributed by atoms with Crippen LogP contribution in [0.2, 0.25) is 5.02 Å². The van der Waals surface area contributed by atoms with Gasteiger partial charge < -0.3 is 9.64 Å². The number of benzene rings is 1. The van der Waals surface area contributed by atoms with Crippen LogP contribution in [0.5, 0.6) is 5.75 Å². The van der Waals surface area contributed by atoms with Crippen LogP contribution in [0.25, 0.3) is 10.9 Å². The first kappa shape index (κ1) is 16.2. The lowest BCUT2D eigenvalue weighted by molar-refractivity contribution is 0.284. The maximum atomic E-state index is 14.9. The Hall–Kier alpha value is -1.27. The van der Waals surface area contributed by atoms with Crippen molar-refractivity contribution in [3.05, 3.63) is 16.4 Å². The maximum Gasteiger partial charge on any atom is 0.189 e. The topological polar surface area (TPSA) is 38.3 Å². The molecule has 1 aromatic heterocycles. The fourth-order valence-electron chi connectivity index (χ4n) is 3.59. The van der Waals surface area contributed by atoms with Gasteiger partial charge in [-0.25, -0.2) is 14.4 Å². The van der Waals surface area contributed by atoms with Gasteiger partial charge in [0.25, 0.3) is 0 Å². The molecule has 0 bridgehead atoms. The molecule has 0 amide bonds. The van der Waals surface area contributed by atoms with Crippen LogP contribution < -0.4 is 9.64 Å². The molecule has 1 fully saturated rings. The van der Waals surface area contributed by atoms with Crippen molar-refractivity contribution in [1.29, 1.82) is 0 Å². The van der Waals surface area contributed by atoms with Gasteiger partial charge in [-0.15, -0.1) is 0 Å². The van der Waals surface area contributed by atoms with Crippen LogP contribution >= 0.6 is 23.4 Å². The molecule has 128 valence electrons. The first-order chi connectivity index (χ1) is 11.6. The predicted octanol–water partition coefficient (Wildman–Crippen LogP) is 4.59. The summed E-state index contributed by atoms with van der Waals surface area (Å²) in [5.74, 6) is 0.917. The van der Waals surface area contributed by atoms with Crippen molar-refractivity contribution in [1.82, 2.24) is 9.97 Å². The lowest BCUT2D eigenvalue weighted by atomic mass is 10.1. The van der Waals surface area contributed by atoms with Gasteiger partial charge in [0.1, 0.15) is 17.9 Å². The number of thioether (sulfide) groups is 1. The van der Waals surface area contributed by atoms with E-state index in [4.69, 9.17) is 21.3 Å². The molecule has 0 spiro atoms. The quantitative estimate of drug-likeness (QED) is 0.544. The molecule has 0 saturated carbocycles. The third kappa shape index (κ3) is 2.42. The average Bonchev–Trinajstić information content (AvgIpc) is 2.91. The standard InChI is InChI=1S/C17H19ClFN3OS/c1-9-12(18)15-11-14(13(9)19)20-17(24-2)21-16(11)22-7-5-3-4-6-10(22)8-23-15/h10H,3-8H2,1-2H3. The summed E-state index contributed by atoms with van der Waals surface area (Å²) in [5.41, 5.74) is 0.694. The van der Waals surface area contributed by atoms with Crippen LogP contribution in [0, 0.1) is 12.7 Å². The average molecular weight is 368 g/mol. The van der Waals surface area contributed by atoms with E-state index in [-0.39, 0.29) is 11.9 Å². The van der Waals surface area contributed by atoms with Crippen LogP contribution in [0.4, 0.5) is 10.2 Å². The first-order valence-corrected chi connectivity index (χ1v) is 9.84.